The van der Waals surface area contributed by atoms with Gasteiger partial charge in [0.05, 0.1) is 10.6 Å². The van der Waals surface area contributed by atoms with E-state index in [1.165, 1.54) is 35.1 Å². The highest BCUT2D eigenvalue weighted by molar-refractivity contribution is 8.18. The van der Waals surface area contributed by atoms with Gasteiger partial charge in [-0.25, -0.2) is 9.38 Å². The molecule has 4 rings (SSSR count). The maximum Gasteiger partial charge on any atom is 0.264 e. The SMILES string of the molecule is C[C@@H]1CC(C)(C)N(C)c2ccc(/C=C3\SC(=Nc4ccc(F)cc4)NC3=O)cc21. The molecule has 0 saturated carbocycles. The number of nitrogens with zero attached hydrogens (tertiary/aromatic N) is 2. The lowest BCUT2D eigenvalue weighted by molar-refractivity contribution is -0.115. The minimum atomic E-state index is -0.312. The summed E-state index contributed by atoms with van der Waals surface area (Å²) in [6.45, 7) is 6.79. The normalized spacial score (nSPS) is 23.4. The number of amidine groups is 1. The third kappa shape index (κ3) is 3.94. The second-order valence-corrected chi connectivity index (χ2v) is 9.28. The number of carbonyl (C=O) groups is 1. The van der Waals surface area contributed by atoms with E-state index in [4.69, 9.17) is 0 Å². The quantitative estimate of drug-likeness (QED) is 0.672. The van der Waals surface area contributed by atoms with E-state index in [9.17, 15) is 9.18 Å². The summed E-state index contributed by atoms with van der Waals surface area (Å²) in [4.78, 5) is 19.7. The lowest BCUT2D eigenvalue weighted by atomic mass is 9.80. The molecule has 1 atom stereocenters. The highest BCUT2D eigenvalue weighted by Crippen LogP contribution is 2.43. The molecule has 1 amide bonds. The van der Waals surface area contributed by atoms with Crippen LogP contribution in [0.4, 0.5) is 15.8 Å². The number of nitrogens with one attached hydrogen (secondary N) is 1. The second-order valence-electron chi connectivity index (χ2n) is 8.25. The minimum Gasteiger partial charge on any atom is -0.369 e. The summed E-state index contributed by atoms with van der Waals surface area (Å²) >= 11 is 1.30. The minimum absolute atomic E-state index is 0.124. The van der Waals surface area contributed by atoms with E-state index in [-0.39, 0.29) is 17.3 Å². The summed E-state index contributed by atoms with van der Waals surface area (Å²) in [5.74, 6) is -0.0246. The van der Waals surface area contributed by atoms with Crippen LogP contribution in [0.3, 0.4) is 0 Å². The standard InChI is InChI=1S/C23H24FN3OS/c1-14-13-23(2,3)27(4)19-10-5-15(11-18(14)19)12-20-21(28)26-22(29-20)25-17-8-6-16(24)7-9-17/h5-12,14H,13H2,1-4H3,(H,25,26,28)/b20-12-/t14-/m1/s1. The van der Waals surface area contributed by atoms with Crippen molar-refractivity contribution in [1.82, 2.24) is 5.32 Å². The Morgan fingerprint density at radius 1 is 1.24 bits per heavy atom. The molecule has 150 valence electrons. The van der Waals surface area contributed by atoms with Gasteiger partial charge in [0.2, 0.25) is 0 Å². The highest BCUT2D eigenvalue weighted by Gasteiger charge is 2.34. The van der Waals surface area contributed by atoms with E-state index in [0.717, 1.165) is 12.0 Å². The molecule has 0 radical (unpaired) electrons. The molecule has 2 aromatic carbocycles. The summed E-state index contributed by atoms with van der Waals surface area (Å²) in [6, 6.07) is 12.2. The predicted octanol–water partition coefficient (Wildman–Crippen LogP) is 5.44. The lowest BCUT2D eigenvalue weighted by Gasteiger charge is -2.45. The molecule has 6 heteroatoms. The van der Waals surface area contributed by atoms with Gasteiger partial charge in [0.25, 0.3) is 5.91 Å². The monoisotopic (exact) mass is 409 g/mol. The van der Waals surface area contributed by atoms with Crippen molar-refractivity contribution in [2.75, 3.05) is 11.9 Å². The van der Waals surface area contributed by atoms with Crippen molar-refractivity contribution in [3.05, 3.63) is 64.3 Å². The number of hydrogen-bond acceptors (Lipinski definition) is 4. The molecule has 2 heterocycles. The Balaban J connectivity index is 1.59. The Hall–Kier alpha value is -2.60. The maximum absolute atomic E-state index is 13.0. The molecular weight excluding hydrogens is 385 g/mol. The Morgan fingerprint density at radius 3 is 2.69 bits per heavy atom. The highest BCUT2D eigenvalue weighted by atomic mass is 32.2. The Bertz CT molecular complexity index is 1030. The van der Waals surface area contributed by atoms with Gasteiger partial charge in [-0.05, 0) is 91.5 Å². The average Bonchev–Trinajstić information content (AvgIpc) is 3.00. The van der Waals surface area contributed by atoms with Crippen LogP contribution in [0.15, 0.2) is 52.4 Å². The third-order valence-electron chi connectivity index (χ3n) is 5.66. The van der Waals surface area contributed by atoms with Gasteiger partial charge in [-0.1, -0.05) is 13.0 Å². The van der Waals surface area contributed by atoms with E-state index in [1.807, 2.05) is 6.08 Å². The first kappa shape index (κ1) is 19.7. The van der Waals surface area contributed by atoms with Gasteiger partial charge in [-0.3, -0.25) is 4.79 Å². The van der Waals surface area contributed by atoms with Crippen molar-refractivity contribution in [2.45, 2.75) is 38.6 Å². The lowest BCUT2D eigenvalue weighted by Crippen LogP contribution is -2.45. The van der Waals surface area contributed by atoms with Gasteiger partial charge in [-0.2, -0.15) is 0 Å². The van der Waals surface area contributed by atoms with E-state index in [2.05, 4.69) is 61.2 Å². The fourth-order valence-electron chi connectivity index (χ4n) is 3.95. The number of fused-ring (bicyclic) bond motifs is 1. The predicted molar refractivity (Wildman–Crippen MR) is 119 cm³/mol. The molecule has 1 fully saturated rings. The third-order valence-corrected chi connectivity index (χ3v) is 6.57. The van der Waals surface area contributed by atoms with Crippen LogP contribution in [0.1, 0.15) is 44.2 Å². The topological polar surface area (TPSA) is 44.7 Å². The van der Waals surface area contributed by atoms with Crippen LogP contribution in [-0.2, 0) is 4.79 Å². The van der Waals surface area contributed by atoms with Crippen LogP contribution in [0, 0.1) is 5.82 Å². The van der Waals surface area contributed by atoms with Gasteiger partial charge in [0.15, 0.2) is 5.17 Å². The van der Waals surface area contributed by atoms with E-state index in [1.54, 1.807) is 12.1 Å². The molecule has 0 spiro atoms. The van der Waals surface area contributed by atoms with Gasteiger partial charge in [-0.15, -0.1) is 0 Å². The van der Waals surface area contributed by atoms with Crippen molar-refractivity contribution >= 4 is 40.3 Å². The van der Waals surface area contributed by atoms with Gasteiger partial charge >= 0.3 is 0 Å². The van der Waals surface area contributed by atoms with Crippen molar-refractivity contribution in [2.24, 2.45) is 4.99 Å². The summed E-state index contributed by atoms with van der Waals surface area (Å²) in [7, 11) is 2.14. The van der Waals surface area contributed by atoms with E-state index < -0.39 is 0 Å². The summed E-state index contributed by atoms with van der Waals surface area (Å²) in [6.07, 6.45) is 2.99. The molecule has 2 aromatic rings. The van der Waals surface area contributed by atoms with Crippen LogP contribution in [0.5, 0.6) is 0 Å². The molecule has 0 aliphatic carbocycles. The molecule has 0 bridgehead atoms. The van der Waals surface area contributed by atoms with Crippen LogP contribution >= 0.6 is 11.8 Å². The number of amides is 1. The zero-order chi connectivity index (χ0) is 20.8. The zero-order valence-corrected chi connectivity index (χ0v) is 17.8. The van der Waals surface area contributed by atoms with E-state index >= 15 is 0 Å². The molecule has 1 saturated heterocycles. The van der Waals surface area contributed by atoms with Crippen LogP contribution in [0.25, 0.3) is 6.08 Å². The molecule has 2 aliphatic heterocycles. The molecule has 0 aromatic heterocycles. The van der Waals surface area contributed by atoms with Crippen molar-refractivity contribution < 1.29 is 9.18 Å². The molecular formula is C23H24FN3OS. The van der Waals surface area contributed by atoms with Gasteiger partial charge in [0, 0.05) is 18.3 Å². The zero-order valence-electron chi connectivity index (χ0n) is 17.0. The second kappa shape index (κ2) is 7.34. The number of halogens is 1. The van der Waals surface area contributed by atoms with Crippen LogP contribution in [0.2, 0.25) is 0 Å². The summed E-state index contributed by atoms with van der Waals surface area (Å²) in [5, 5.41) is 3.28. The largest absolute Gasteiger partial charge is 0.369 e. The number of thioether (sulfide) groups is 1. The number of rotatable bonds is 2. The van der Waals surface area contributed by atoms with Gasteiger partial charge in [0.1, 0.15) is 5.82 Å². The molecule has 0 unspecified atom stereocenters. The molecule has 1 N–H and O–H groups in total. The average molecular weight is 410 g/mol. The fraction of sp³-hybridized carbons (Fsp3) is 0.304. The summed E-state index contributed by atoms with van der Waals surface area (Å²) < 4.78 is 13.0. The smallest absolute Gasteiger partial charge is 0.264 e. The van der Waals surface area contributed by atoms with Crippen molar-refractivity contribution in [3.8, 4) is 0 Å². The van der Waals surface area contributed by atoms with Crippen LogP contribution < -0.4 is 10.2 Å². The van der Waals surface area contributed by atoms with Crippen molar-refractivity contribution in [1.29, 1.82) is 0 Å². The van der Waals surface area contributed by atoms with Crippen molar-refractivity contribution in [3.63, 3.8) is 0 Å². The molecule has 2 aliphatic rings. The van der Waals surface area contributed by atoms with Crippen LogP contribution in [-0.4, -0.2) is 23.7 Å². The maximum atomic E-state index is 13.0. The Labute approximate surface area is 174 Å². The molecule has 4 nitrogen and oxygen atoms in total. The number of benzene rings is 2. The Morgan fingerprint density at radius 2 is 1.97 bits per heavy atom. The fourth-order valence-corrected chi connectivity index (χ4v) is 4.79. The first-order chi connectivity index (χ1) is 13.7. The van der Waals surface area contributed by atoms with Gasteiger partial charge < -0.3 is 10.2 Å². The number of carbonyl (C=O) groups excluding carboxylic acids is 1. The summed E-state index contributed by atoms with van der Waals surface area (Å²) in [5.41, 5.74) is 4.29. The Kier molecular flexibility index (Phi) is 4.99. The van der Waals surface area contributed by atoms with E-state index in [0.29, 0.717) is 21.7 Å². The number of hydrogen-bond donors (Lipinski definition) is 1. The first-order valence-corrected chi connectivity index (χ1v) is 10.5. The number of anilines is 1. The first-order valence-electron chi connectivity index (χ1n) is 9.66. The number of aliphatic imine (C=N–C) groups is 1. The molecule has 29 heavy (non-hydrogen) atoms.